The van der Waals surface area contributed by atoms with E-state index >= 15 is 0 Å². The minimum atomic E-state index is -1.62. The number of hydrogen-bond donors (Lipinski definition) is 4. The molecule has 5 rings (SSSR count). The van der Waals surface area contributed by atoms with Gasteiger partial charge < -0.3 is 21.3 Å². The first-order valence-electron chi connectivity index (χ1n) is 18.0. The summed E-state index contributed by atoms with van der Waals surface area (Å²) in [5, 5.41) is 27.5. The lowest BCUT2D eigenvalue weighted by molar-refractivity contribution is -0.127. The molecule has 0 saturated heterocycles. The summed E-state index contributed by atoms with van der Waals surface area (Å²) in [6.07, 6.45) is 0. The molecule has 0 fully saturated rings. The molecule has 0 aliphatic rings. The maximum atomic E-state index is 13.4. The van der Waals surface area contributed by atoms with Crippen molar-refractivity contribution in [2.75, 3.05) is 21.3 Å². The van der Waals surface area contributed by atoms with E-state index in [1.54, 1.807) is 50.2 Å². The van der Waals surface area contributed by atoms with Gasteiger partial charge in [0.1, 0.15) is 11.4 Å². The van der Waals surface area contributed by atoms with Crippen molar-refractivity contribution in [2.24, 2.45) is 20.5 Å². The summed E-state index contributed by atoms with van der Waals surface area (Å²) in [5.74, 6) is -4.13. The van der Waals surface area contributed by atoms with Gasteiger partial charge in [-0.2, -0.15) is 20.5 Å². The molecule has 0 spiro atoms. The van der Waals surface area contributed by atoms with Crippen LogP contribution < -0.4 is 21.3 Å². The van der Waals surface area contributed by atoms with Crippen molar-refractivity contribution in [3.05, 3.63) is 137 Å². The Hall–Kier alpha value is -5.74. The van der Waals surface area contributed by atoms with E-state index in [9.17, 15) is 28.8 Å². The van der Waals surface area contributed by atoms with Crippen LogP contribution in [-0.4, -0.2) is 47.3 Å². The summed E-state index contributed by atoms with van der Waals surface area (Å²) in [6, 6.07) is 17.6. The molecule has 0 aromatic heterocycles. The number of amides is 4. The summed E-state index contributed by atoms with van der Waals surface area (Å²) in [7, 11) is 0. The molecule has 4 N–H and O–H groups in total. The highest BCUT2D eigenvalue weighted by atomic mass is 35.5. The monoisotopic (exact) mass is 954 g/mol. The summed E-state index contributed by atoms with van der Waals surface area (Å²) in [5.41, 5.74) is 2.10. The molecule has 4 amide bonds. The number of ketones is 2. The van der Waals surface area contributed by atoms with Crippen LogP contribution in [0.3, 0.4) is 0 Å². The van der Waals surface area contributed by atoms with Crippen molar-refractivity contribution in [1.29, 1.82) is 0 Å². The largest absolute Gasteiger partial charge is 0.324 e. The van der Waals surface area contributed by atoms with Crippen LogP contribution in [0.1, 0.15) is 45.7 Å². The first kappa shape index (κ1) is 47.3. The minimum Gasteiger partial charge on any atom is -0.324 e. The maximum Gasteiger partial charge on any atom is 0.258 e. The Morgan fingerprint density at radius 3 is 1.21 bits per heavy atom. The Morgan fingerprint density at radius 1 is 0.468 bits per heavy atom. The van der Waals surface area contributed by atoms with E-state index in [4.69, 9.17) is 69.6 Å². The molecule has 20 heteroatoms. The number of hydrogen-bond acceptors (Lipinski definition) is 10. The van der Waals surface area contributed by atoms with Crippen LogP contribution in [0.15, 0.2) is 105 Å². The van der Waals surface area contributed by atoms with E-state index in [1.165, 1.54) is 48.5 Å². The summed E-state index contributed by atoms with van der Waals surface area (Å²) in [4.78, 5) is 78.0. The fourth-order valence-corrected chi connectivity index (χ4v) is 6.87. The van der Waals surface area contributed by atoms with Gasteiger partial charge in [-0.3, -0.25) is 28.8 Å². The average molecular weight is 957 g/mol. The number of azo groups is 2. The molecule has 0 bridgehead atoms. The number of carbonyl (C=O) groups is 6. The third-order valence-electron chi connectivity index (χ3n) is 8.70. The van der Waals surface area contributed by atoms with Gasteiger partial charge in [-0.1, -0.05) is 81.7 Å². The Kier molecular flexibility index (Phi) is 15.9. The number of nitrogens with one attached hydrogen (secondary N) is 4. The number of nitrogens with zero attached hydrogens (tertiary/aromatic N) is 4. The quantitative estimate of drug-likeness (QED) is 0.0630. The molecule has 2 atom stereocenters. The van der Waals surface area contributed by atoms with Gasteiger partial charge in [-0.05, 0) is 112 Å². The number of rotatable bonds is 14. The molecular formula is C42H32Cl6N8O6. The van der Waals surface area contributed by atoms with Gasteiger partial charge in [0.2, 0.25) is 12.1 Å². The van der Waals surface area contributed by atoms with E-state index in [1.807, 2.05) is 0 Å². The number of Topliss-reactive ketones (excluding diaryl/α,β-unsaturated/α-hetero) is 2. The number of benzene rings is 5. The lowest BCUT2D eigenvalue weighted by Gasteiger charge is -2.17. The van der Waals surface area contributed by atoms with Crippen LogP contribution in [0.2, 0.25) is 30.1 Å². The number of halogens is 6. The fourth-order valence-electron chi connectivity index (χ4n) is 5.58. The summed E-state index contributed by atoms with van der Waals surface area (Å²) < 4.78 is 0. The van der Waals surface area contributed by atoms with Crippen molar-refractivity contribution in [1.82, 2.24) is 0 Å². The van der Waals surface area contributed by atoms with Gasteiger partial charge in [-0.15, -0.1) is 0 Å². The molecule has 5 aromatic carbocycles. The van der Waals surface area contributed by atoms with Crippen LogP contribution in [0, 0.1) is 13.8 Å². The van der Waals surface area contributed by atoms with Gasteiger partial charge in [0, 0.05) is 22.5 Å². The molecule has 62 heavy (non-hydrogen) atoms. The first-order chi connectivity index (χ1) is 29.3. The van der Waals surface area contributed by atoms with E-state index < -0.39 is 47.3 Å². The highest BCUT2D eigenvalue weighted by Crippen LogP contribution is 2.34. The van der Waals surface area contributed by atoms with Crippen LogP contribution in [0.25, 0.3) is 0 Å². The molecule has 0 aliphatic heterocycles. The highest BCUT2D eigenvalue weighted by molar-refractivity contribution is 6.41. The van der Waals surface area contributed by atoms with Crippen LogP contribution in [-0.2, 0) is 19.2 Å². The standard InChI is InChI=1S/C42H32Cl6N8O6/c1-19-15-25(49-41(61)35(21(3)57)55-53-32-17-23(11-13-26(32)43)39(59)51-37-28(45)7-5-8-29(37)46)16-20(2)34(19)50-42(62)36(22(4)58)56-54-33-18-24(12-14-27(33)44)40(60)52-38-30(47)9-6-10-31(38)48/h5-18,35-36H,1-4H3,(H,49,61)(H,50,62)(H,51,59)(H,52,60). The normalized spacial score (nSPS) is 12.2. The number of aryl methyl sites for hydroxylation is 2. The van der Waals surface area contributed by atoms with Gasteiger partial charge in [0.25, 0.3) is 23.6 Å². The van der Waals surface area contributed by atoms with Gasteiger partial charge >= 0.3 is 0 Å². The van der Waals surface area contributed by atoms with Crippen molar-refractivity contribution < 1.29 is 28.8 Å². The molecule has 14 nitrogen and oxygen atoms in total. The second-order valence-corrected chi connectivity index (χ2v) is 15.8. The van der Waals surface area contributed by atoms with Crippen LogP contribution in [0.5, 0.6) is 0 Å². The second kappa shape index (κ2) is 20.9. The average Bonchev–Trinajstić information content (AvgIpc) is 3.20. The Morgan fingerprint density at radius 2 is 0.839 bits per heavy atom. The molecule has 0 heterocycles. The van der Waals surface area contributed by atoms with Gasteiger partial charge in [0.05, 0.1) is 41.5 Å². The van der Waals surface area contributed by atoms with Crippen LogP contribution >= 0.6 is 69.6 Å². The molecule has 0 saturated carbocycles. The van der Waals surface area contributed by atoms with Gasteiger partial charge in [-0.25, -0.2) is 0 Å². The van der Waals surface area contributed by atoms with E-state index in [0.717, 1.165) is 13.8 Å². The van der Waals surface area contributed by atoms with E-state index in [-0.39, 0.29) is 69.7 Å². The van der Waals surface area contributed by atoms with E-state index in [2.05, 4.69) is 41.7 Å². The number of carbonyl (C=O) groups excluding carboxylic acids is 6. The third-order valence-corrected chi connectivity index (χ3v) is 10.6. The second-order valence-electron chi connectivity index (χ2n) is 13.4. The Labute approximate surface area is 384 Å². The first-order valence-corrected chi connectivity index (χ1v) is 20.3. The zero-order valence-electron chi connectivity index (χ0n) is 32.7. The fraction of sp³-hybridized carbons (Fsp3) is 0.143. The molecule has 0 radical (unpaired) electrons. The lowest BCUT2D eigenvalue weighted by Crippen LogP contribution is -2.33. The predicted octanol–water partition coefficient (Wildman–Crippen LogP) is 12.1. The zero-order chi connectivity index (χ0) is 45.4. The summed E-state index contributed by atoms with van der Waals surface area (Å²) >= 11 is 37.3. The SMILES string of the molecule is CC(=O)C(N=Nc1cc(C(=O)Nc2c(Cl)cccc2Cl)ccc1Cl)C(=O)Nc1cc(C)c(NC(=O)C(N=Nc2cc(C(=O)Nc3c(Cl)cccc3Cl)ccc2Cl)C(C)=O)c(C)c1. The Balaban J connectivity index is 1.27. The topological polar surface area (TPSA) is 200 Å². The maximum absolute atomic E-state index is 13.4. The number of para-hydroxylation sites is 2. The predicted molar refractivity (Wildman–Crippen MR) is 243 cm³/mol. The molecule has 0 aliphatic carbocycles. The highest BCUT2D eigenvalue weighted by Gasteiger charge is 2.27. The molecular weight excluding hydrogens is 925 g/mol. The van der Waals surface area contributed by atoms with Crippen molar-refractivity contribution in [3.8, 4) is 0 Å². The van der Waals surface area contributed by atoms with Crippen LogP contribution in [0.4, 0.5) is 34.1 Å². The Bertz CT molecular complexity index is 2650. The summed E-state index contributed by atoms with van der Waals surface area (Å²) in [6.45, 7) is 5.59. The van der Waals surface area contributed by atoms with Gasteiger partial charge in [0.15, 0.2) is 11.6 Å². The van der Waals surface area contributed by atoms with Crippen molar-refractivity contribution >= 4 is 139 Å². The van der Waals surface area contributed by atoms with E-state index in [0.29, 0.717) is 16.8 Å². The zero-order valence-corrected chi connectivity index (χ0v) is 37.3. The lowest BCUT2D eigenvalue weighted by atomic mass is 10.1. The minimum absolute atomic E-state index is 0.00108. The van der Waals surface area contributed by atoms with Crippen molar-refractivity contribution in [3.63, 3.8) is 0 Å². The smallest absolute Gasteiger partial charge is 0.258 e. The van der Waals surface area contributed by atoms with Crippen molar-refractivity contribution in [2.45, 2.75) is 39.8 Å². The third kappa shape index (κ3) is 11.8. The molecule has 5 aromatic rings. The molecule has 2 unspecified atom stereocenters. The number of anilines is 4. The molecule has 318 valence electrons.